The number of carbonyl (C=O) groups is 2. The molecule has 16 heavy (non-hydrogen) atoms. The minimum atomic E-state index is -1.69. The molecule has 1 atom stereocenters. The number of aromatic hydroxyl groups is 1. The quantitative estimate of drug-likeness (QED) is 0.592. The molecule has 0 amide bonds. The zero-order valence-electron chi connectivity index (χ0n) is 7.85. The number of phenolic OH excluding ortho intramolecular Hbond substituents is 1. The molecule has 1 rings (SSSR count). The summed E-state index contributed by atoms with van der Waals surface area (Å²) in [6.45, 7) is 0. The molecule has 5 N–H and O–H groups in total. The average Bonchev–Trinajstić information content (AvgIpc) is 2.20. The number of hydrogen-bond acceptors (Lipinski definition) is 4. The van der Waals surface area contributed by atoms with Crippen LogP contribution < -0.4 is 5.73 Å². The lowest BCUT2D eigenvalue weighted by Gasteiger charge is -2.10. The Morgan fingerprint density at radius 2 is 1.88 bits per heavy atom. The molecular weight excluding hydrogens is 221 g/mol. The van der Waals surface area contributed by atoms with Crippen LogP contribution in [0.2, 0.25) is 0 Å². The van der Waals surface area contributed by atoms with Crippen LogP contribution in [0.25, 0.3) is 0 Å². The van der Waals surface area contributed by atoms with Crippen molar-refractivity contribution in [2.24, 2.45) is 5.73 Å². The highest BCUT2D eigenvalue weighted by molar-refractivity contribution is 5.89. The first-order valence-electron chi connectivity index (χ1n) is 4.08. The Labute approximate surface area is 88.7 Å². The Kier molecular flexibility index (Phi) is 3.09. The van der Waals surface area contributed by atoms with Gasteiger partial charge < -0.3 is 21.1 Å². The van der Waals surface area contributed by atoms with E-state index in [2.05, 4.69) is 0 Å². The lowest BCUT2D eigenvalue weighted by atomic mass is 10.0. The summed E-state index contributed by atoms with van der Waals surface area (Å²) in [5.41, 5.74) is 4.19. The molecule has 7 heteroatoms. The molecule has 86 valence electrons. The predicted molar refractivity (Wildman–Crippen MR) is 49.6 cm³/mol. The van der Waals surface area contributed by atoms with Crippen LogP contribution in [-0.2, 0) is 4.79 Å². The van der Waals surface area contributed by atoms with Gasteiger partial charge in [0.05, 0.1) is 5.56 Å². The van der Waals surface area contributed by atoms with E-state index in [0.29, 0.717) is 6.07 Å². The smallest absolute Gasteiger partial charge is 0.335 e. The number of aromatic carboxylic acids is 1. The molecular formula is C9H8FNO5. The Morgan fingerprint density at radius 3 is 2.31 bits per heavy atom. The van der Waals surface area contributed by atoms with Crippen LogP contribution >= 0.6 is 0 Å². The lowest BCUT2D eigenvalue weighted by molar-refractivity contribution is -0.138. The summed E-state index contributed by atoms with van der Waals surface area (Å²) in [4.78, 5) is 21.1. The minimum absolute atomic E-state index is 0.482. The topological polar surface area (TPSA) is 121 Å². The number of aliphatic carboxylic acids is 1. The summed E-state index contributed by atoms with van der Waals surface area (Å²) in [5, 5.41) is 26.4. The number of halogens is 1. The summed E-state index contributed by atoms with van der Waals surface area (Å²) < 4.78 is 13.1. The number of nitrogens with two attached hydrogens (primary N) is 1. The molecule has 1 aromatic rings. The van der Waals surface area contributed by atoms with E-state index in [1.165, 1.54) is 0 Å². The third kappa shape index (κ3) is 2.09. The van der Waals surface area contributed by atoms with Gasteiger partial charge in [0.1, 0.15) is 6.04 Å². The molecule has 0 aromatic heterocycles. The molecule has 0 aliphatic rings. The van der Waals surface area contributed by atoms with Gasteiger partial charge in [-0.3, -0.25) is 4.79 Å². The molecule has 1 aromatic carbocycles. The Morgan fingerprint density at radius 1 is 1.31 bits per heavy atom. The van der Waals surface area contributed by atoms with Crippen molar-refractivity contribution in [2.75, 3.05) is 0 Å². The van der Waals surface area contributed by atoms with Gasteiger partial charge in [0.2, 0.25) is 0 Å². The van der Waals surface area contributed by atoms with E-state index in [9.17, 15) is 19.1 Å². The molecule has 0 heterocycles. The zero-order chi connectivity index (χ0) is 12.5. The van der Waals surface area contributed by atoms with Crippen molar-refractivity contribution in [2.45, 2.75) is 6.04 Å². The predicted octanol–water partition coefficient (Wildman–Crippen LogP) is 0.314. The fourth-order valence-electron chi connectivity index (χ4n) is 1.11. The van der Waals surface area contributed by atoms with Crippen molar-refractivity contribution in [3.05, 3.63) is 29.1 Å². The van der Waals surface area contributed by atoms with Gasteiger partial charge in [-0.05, 0) is 12.1 Å². The number of carboxylic acid groups (broad SMARTS) is 2. The second kappa shape index (κ2) is 4.15. The van der Waals surface area contributed by atoms with E-state index >= 15 is 0 Å². The SMILES string of the molecule is N[C@H](C(=O)O)c1cc(C(=O)O)cc(F)c1O. The van der Waals surface area contributed by atoms with Gasteiger partial charge >= 0.3 is 11.9 Å². The van der Waals surface area contributed by atoms with E-state index < -0.39 is 40.7 Å². The van der Waals surface area contributed by atoms with Gasteiger partial charge in [-0.25, -0.2) is 9.18 Å². The summed E-state index contributed by atoms with van der Waals surface area (Å²) in [7, 11) is 0. The van der Waals surface area contributed by atoms with Crippen LogP contribution in [0.1, 0.15) is 22.0 Å². The van der Waals surface area contributed by atoms with Crippen molar-refractivity contribution in [1.29, 1.82) is 0 Å². The molecule has 6 nitrogen and oxygen atoms in total. The third-order valence-corrected chi connectivity index (χ3v) is 1.94. The van der Waals surface area contributed by atoms with Crippen LogP contribution in [-0.4, -0.2) is 27.3 Å². The highest BCUT2D eigenvalue weighted by atomic mass is 19.1. The highest BCUT2D eigenvalue weighted by Crippen LogP contribution is 2.27. The monoisotopic (exact) mass is 229 g/mol. The fourth-order valence-corrected chi connectivity index (χ4v) is 1.11. The van der Waals surface area contributed by atoms with Gasteiger partial charge in [0.25, 0.3) is 0 Å². The van der Waals surface area contributed by atoms with Crippen molar-refractivity contribution in [3.63, 3.8) is 0 Å². The van der Waals surface area contributed by atoms with Crippen LogP contribution in [0, 0.1) is 5.82 Å². The van der Waals surface area contributed by atoms with E-state index in [-0.39, 0.29) is 0 Å². The molecule has 0 saturated carbocycles. The van der Waals surface area contributed by atoms with Crippen LogP contribution in [0.3, 0.4) is 0 Å². The Balaban J connectivity index is 3.37. The molecule has 0 radical (unpaired) electrons. The van der Waals surface area contributed by atoms with Crippen LogP contribution in [0.4, 0.5) is 4.39 Å². The third-order valence-electron chi connectivity index (χ3n) is 1.94. The standard InChI is InChI=1S/C9H8FNO5/c10-5-2-3(8(13)14)1-4(7(5)12)6(11)9(15)16/h1-2,6,12H,11H2,(H,13,14)(H,15,16)/t6-/m0/s1. The minimum Gasteiger partial charge on any atom is -0.505 e. The van der Waals surface area contributed by atoms with Crippen molar-refractivity contribution in [3.8, 4) is 5.75 Å². The number of benzene rings is 1. The largest absolute Gasteiger partial charge is 0.505 e. The summed E-state index contributed by atoms with van der Waals surface area (Å²) in [6.07, 6.45) is 0. The maximum atomic E-state index is 13.1. The molecule has 0 aliphatic carbocycles. The number of rotatable bonds is 3. The van der Waals surface area contributed by atoms with E-state index in [4.69, 9.17) is 15.9 Å². The maximum absolute atomic E-state index is 13.1. The molecule has 0 aliphatic heterocycles. The van der Waals surface area contributed by atoms with Crippen molar-refractivity contribution < 1.29 is 29.3 Å². The van der Waals surface area contributed by atoms with Gasteiger partial charge in [-0.1, -0.05) is 0 Å². The highest BCUT2D eigenvalue weighted by Gasteiger charge is 2.22. The second-order valence-corrected chi connectivity index (χ2v) is 3.02. The molecule has 0 spiro atoms. The van der Waals surface area contributed by atoms with Crippen molar-refractivity contribution in [1.82, 2.24) is 0 Å². The molecule has 0 unspecified atom stereocenters. The lowest BCUT2D eigenvalue weighted by Crippen LogP contribution is -2.21. The van der Waals surface area contributed by atoms with E-state index in [0.717, 1.165) is 6.07 Å². The fraction of sp³-hybridized carbons (Fsp3) is 0.111. The number of phenols is 1. The molecule has 0 saturated heterocycles. The molecule has 0 bridgehead atoms. The van der Waals surface area contributed by atoms with Gasteiger partial charge in [-0.2, -0.15) is 0 Å². The normalized spacial score (nSPS) is 12.1. The van der Waals surface area contributed by atoms with Gasteiger partial charge in [0, 0.05) is 5.56 Å². The van der Waals surface area contributed by atoms with Gasteiger partial charge in [-0.15, -0.1) is 0 Å². The summed E-state index contributed by atoms with van der Waals surface area (Å²) >= 11 is 0. The summed E-state index contributed by atoms with van der Waals surface area (Å²) in [6, 6.07) is -0.288. The number of carboxylic acids is 2. The number of hydrogen-bond donors (Lipinski definition) is 4. The zero-order valence-corrected chi connectivity index (χ0v) is 7.85. The van der Waals surface area contributed by atoms with Crippen LogP contribution in [0.15, 0.2) is 12.1 Å². The van der Waals surface area contributed by atoms with E-state index in [1.54, 1.807) is 0 Å². The first kappa shape index (κ1) is 11.9. The van der Waals surface area contributed by atoms with E-state index in [1.807, 2.05) is 0 Å². The van der Waals surface area contributed by atoms with Crippen LogP contribution in [0.5, 0.6) is 5.75 Å². The van der Waals surface area contributed by atoms with Crippen molar-refractivity contribution >= 4 is 11.9 Å². The molecule has 0 fully saturated rings. The summed E-state index contributed by atoms with van der Waals surface area (Å²) in [5.74, 6) is -5.14. The average molecular weight is 229 g/mol. The Hall–Kier alpha value is -2.15. The first-order valence-corrected chi connectivity index (χ1v) is 4.08. The maximum Gasteiger partial charge on any atom is 0.335 e. The Bertz CT molecular complexity index is 459. The first-order chi connectivity index (χ1) is 7.34. The second-order valence-electron chi connectivity index (χ2n) is 3.02. The van der Waals surface area contributed by atoms with Gasteiger partial charge in [0.15, 0.2) is 11.6 Å².